The number of anilines is 2. The molecule has 2 aromatic rings. The molecule has 11 nitrogen and oxygen atoms in total. The fourth-order valence-corrected chi connectivity index (χ4v) is 1.61. The number of rotatable bonds is 8. The van der Waals surface area contributed by atoms with E-state index in [0.29, 0.717) is 25.6 Å². The van der Waals surface area contributed by atoms with Crippen molar-refractivity contribution in [3.8, 4) is 5.95 Å². The minimum atomic E-state index is -0.0422. The average Bonchev–Trinajstić information content (AvgIpc) is 3.05. The molecular formula is C10H17N9O2. The van der Waals surface area contributed by atoms with Crippen LogP contribution in [-0.2, 0) is 4.74 Å². The molecule has 0 aliphatic rings. The van der Waals surface area contributed by atoms with Gasteiger partial charge in [0, 0.05) is 20.2 Å². The quantitative estimate of drug-likeness (QED) is 0.376. The van der Waals surface area contributed by atoms with Crippen LogP contribution in [0.3, 0.4) is 0 Å². The van der Waals surface area contributed by atoms with Gasteiger partial charge in [-0.3, -0.25) is 5.43 Å². The predicted octanol–water partition coefficient (Wildman–Crippen LogP) is -1.82. The molecule has 114 valence electrons. The summed E-state index contributed by atoms with van der Waals surface area (Å²) >= 11 is 0. The molecule has 11 heteroatoms. The molecule has 0 aliphatic carbocycles. The van der Waals surface area contributed by atoms with E-state index in [1.165, 1.54) is 17.3 Å². The van der Waals surface area contributed by atoms with Crippen molar-refractivity contribution in [1.82, 2.24) is 29.7 Å². The van der Waals surface area contributed by atoms with Gasteiger partial charge in [-0.1, -0.05) is 0 Å². The lowest BCUT2D eigenvalue weighted by molar-refractivity contribution is 0.202. The molecule has 21 heavy (non-hydrogen) atoms. The summed E-state index contributed by atoms with van der Waals surface area (Å²) in [6.07, 6.45) is 2.83. The first kappa shape index (κ1) is 15.0. The minimum absolute atomic E-state index is 0.0422. The van der Waals surface area contributed by atoms with Crippen molar-refractivity contribution >= 4 is 11.9 Å². The lowest BCUT2D eigenvalue weighted by Gasteiger charge is -2.21. The van der Waals surface area contributed by atoms with Crippen molar-refractivity contribution in [2.24, 2.45) is 5.84 Å². The molecule has 0 saturated heterocycles. The summed E-state index contributed by atoms with van der Waals surface area (Å²) in [6.45, 7) is 1.30. The Morgan fingerprint density at radius 2 is 2.24 bits per heavy atom. The van der Waals surface area contributed by atoms with Gasteiger partial charge in [0.2, 0.25) is 11.9 Å². The third-order valence-corrected chi connectivity index (χ3v) is 2.58. The predicted molar refractivity (Wildman–Crippen MR) is 73.7 cm³/mol. The van der Waals surface area contributed by atoms with E-state index in [9.17, 15) is 0 Å². The molecular weight excluding hydrogens is 278 g/mol. The molecule has 2 aromatic heterocycles. The number of hydrogen-bond acceptors (Lipinski definition) is 10. The van der Waals surface area contributed by atoms with Crippen LogP contribution in [0, 0.1) is 0 Å². The van der Waals surface area contributed by atoms with Crippen molar-refractivity contribution in [1.29, 1.82) is 0 Å². The van der Waals surface area contributed by atoms with Gasteiger partial charge in [-0.25, -0.2) is 10.8 Å². The van der Waals surface area contributed by atoms with Crippen LogP contribution in [0.4, 0.5) is 11.9 Å². The Kier molecular flexibility index (Phi) is 5.31. The topological polar surface area (TPSA) is 140 Å². The van der Waals surface area contributed by atoms with Crippen molar-refractivity contribution in [2.75, 3.05) is 43.7 Å². The molecule has 0 spiro atoms. The molecule has 0 saturated carbocycles. The zero-order valence-electron chi connectivity index (χ0n) is 11.5. The van der Waals surface area contributed by atoms with E-state index in [4.69, 9.17) is 15.7 Å². The van der Waals surface area contributed by atoms with Crippen molar-refractivity contribution in [3.05, 3.63) is 12.7 Å². The first-order valence-corrected chi connectivity index (χ1v) is 6.21. The molecule has 0 aliphatic heterocycles. The number of aliphatic hydroxyl groups excluding tert-OH is 1. The number of nitrogens with zero attached hydrogens (tertiary/aromatic N) is 7. The molecule has 0 aromatic carbocycles. The molecule has 0 fully saturated rings. The number of ether oxygens (including phenoxy) is 1. The Balaban J connectivity index is 2.34. The second kappa shape index (κ2) is 7.42. The third-order valence-electron chi connectivity index (χ3n) is 2.58. The number of methoxy groups -OCH3 is 1. The number of nitrogens with one attached hydrogen (secondary N) is 1. The molecule has 4 N–H and O–H groups in total. The van der Waals surface area contributed by atoms with Crippen molar-refractivity contribution in [3.63, 3.8) is 0 Å². The van der Waals surface area contributed by atoms with Crippen LogP contribution in [-0.4, -0.2) is 68.2 Å². The first-order chi connectivity index (χ1) is 10.3. The summed E-state index contributed by atoms with van der Waals surface area (Å²) in [5, 5.41) is 13.1. The number of nitrogen functional groups attached to an aromatic ring is 1. The molecule has 0 bridgehead atoms. The molecule has 2 heterocycles. The van der Waals surface area contributed by atoms with Gasteiger partial charge in [0.05, 0.1) is 13.2 Å². The molecule has 0 radical (unpaired) electrons. The lowest BCUT2D eigenvalue weighted by atomic mass is 10.5. The number of hydrogen-bond donors (Lipinski definition) is 3. The Morgan fingerprint density at radius 1 is 1.38 bits per heavy atom. The van der Waals surface area contributed by atoms with Gasteiger partial charge in [-0.2, -0.15) is 24.7 Å². The Hall–Kier alpha value is -2.37. The summed E-state index contributed by atoms with van der Waals surface area (Å²) in [4.78, 5) is 18.2. The van der Waals surface area contributed by atoms with Gasteiger partial charge in [-0.15, -0.1) is 0 Å². The van der Waals surface area contributed by atoms with Crippen LogP contribution in [0.5, 0.6) is 0 Å². The molecule has 0 amide bonds. The first-order valence-electron chi connectivity index (χ1n) is 6.21. The minimum Gasteiger partial charge on any atom is -0.395 e. The van der Waals surface area contributed by atoms with Crippen molar-refractivity contribution in [2.45, 2.75) is 0 Å². The van der Waals surface area contributed by atoms with E-state index >= 15 is 0 Å². The van der Waals surface area contributed by atoms with Gasteiger partial charge in [-0.05, 0) is 0 Å². The lowest BCUT2D eigenvalue weighted by Crippen LogP contribution is -2.32. The maximum absolute atomic E-state index is 9.16. The average molecular weight is 295 g/mol. The second-order valence-electron chi connectivity index (χ2n) is 3.95. The summed E-state index contributed by atoms with van der Waals surface area (Å²) in [7, 11) is 1.60. The van der Waals surface area contributed by atoms with Crippen molar-refractivity contribution < 1.29 is 9.84 Å². The normalized spacial score (nSPS) is 10.6. The Labute approximate surface area is 120 Å². The fourth-order valence-electron chi connectivity index (χ4n) is 1.61. The highest BCUT2D eigenvalue weighted by Gasteiger charge is 2.14. The summed E-state index contributed by atoms with van der Waals surface area (Å²) in [5.41, 5.74) is 2.38. The van der Waals surface area contributed by atoms with Gasteiger partial charge in [0.25, 0.3) is 5.95 Å². The summed E-state index contributed by atoms with van der Waals surface area (Å²) in [6, 6.07) is 0. The zero-order chi connectivity index (χ0) is 15.1. The van der Waals surface area contributed by atoms with Gasteiger partial charge >= 0.3 is 0 Å². The monoisotopic (exact) mass is 295 g/mol. The standard InChI is InChI=1S/C10H17N9O2/c1-21-5-3-18(2-4-20)9-14-8(17-11)15-10(16-9)19-7-12-6-13-19/h6-7,20H,2-5,11H2,1H3,(H,14,15,16,17). The molecule has 0 atom stereocenters. The van der Waals surface area contributed by atoms with Crippen LogP contribution in [0.25, 0.3) is 5.95 Å². The highest BCUT2D eigenvalue weighted by molar-refractivity contribution is 5.39. The largest absolute Gasteiger partial charge is 0.395 e. The van der Waals surface area contributed by atoms with E-state index in [1.54, 1.807) is 12.0 Å². The van der Waals surface area contributed by atoms with Gasteiger partial charge < -0.3 is 14.7 Å². The molecule has 2 rings (SSSR count). The van der Waals surface area contributed by atoms with Crippen LogP contribution in [0.1, 0.15) is 0 Å². The SMILES string of the molecule is COCCN(CCO)c1nc(NN)nc(-n2cncn2)n1. The maximum atomic E-state index is 9.16. The van der Waals surface area contributed by atoms with E-state index in [1.807, 2.05) is 0 Å². The number of nitrogens with two attached hydrogens (primary N) is 1. The number of hydrazine groups is 1. The Morgan fingerprint density at radius 3 is 2.86 bits per heavy atom. The maximum Gasteiger partial charge on any atom is 0.258 e. The highest BCUT2D eigenvalue weighted by atomic mass is 16.5. The zero-order valence-corrected chi connectivity index (χ0v) is 11.5. The van der Waals surface area contributed by atoms with Crippen LogP contribution >= 0.6 is 0 Å². The third kappa shape index (κ3) is 3.81. The number of aliphatic hydroxyl groups is 1. The van der Waals surface area contributed by atoms with Crippen LogP contribution in [0.15, 0.2) is 12.7 Å². The van der Waals surface area contributed by atoms with Gasteiger partial charge in [0.15, 0.2) is 0 Å². The van der Waals surface area contributed by atoms with E-state index < -0.39 is 0 Å². The Bertz CT molecular complexity index is 547. The molecule has 0 unspecified atom stereocenters. The van der Waals surface area contributed by atoms with Crippen LogP contribution in [0.2, 0.25) is 0 Å². The summed E-state index contributed by atoms with van der Waals surface area (Å²) < 4.78 is 6.43. The van der Waals surface area contributed by atoms with E-state index in [0.717, 1.165) is 0 Å². The van der Waals surface area contributed by atoms with E-state index in [2.05, 4.69) is 30.5 Å². The smallest absolute Gasteiger partial charge is 0.258 e. The highest BCUT2D eigenvalue weighted by Crippen LogP contribution is 2.12. The fraction of sp³-hybridized carbons (Fsp3) is 0.500. The second-order valence-corrected chi connectivity index (χ2v) is 3.95. The summed E-state index contributed by atoms with van der Waals surface area (Å²) in [5.74, 6) is 6.19. The van der Waals surface area contributed by atoms with Crippen LogP contribution < -0.4 is 16.2 Å². The van der Waals surface area contributed by atoms with Gasteiger partial charge in [0.1, 0.15) is 12.7 Å². The number of aromatic nitrogens is 6. The van der Waals surface area contributed by atoms with E-state index in [-0.39, 0.29) is 18.5 Å².